The Labute approximate surface area is 504 Å². The summed E-state index contributed by atoms with van der Waals surface area (Å²) in [5.41, 5.74) is 9.28. The molecule has 3 unspecified atom stereocenters. The summed E-state index contributed by atoms with van der Waals surface area (Å²) in [6.07, 6.45) is 6.85. The molecule has 3 aromatic carbocycles. The average Bonchev–Trinajstić information content (AvgIpc) is 1.02. The van der Waals surface area contributed by atoms with E-state index >= 15 is 0 Å². The highest BCUT2D eigenvalue weighted by atomic mass is 32.1. The van der Waals surface area contributed by atoms with Gasteiger partial charge in [0.05, 0.1) is 50.4 Å². The predicted molar refractivity (Wildman–Crippen MR) is 328 cm³/mol. The molecule has 10 heterocycles. The van der Waals surface area contributed by atoms with Gasteiger partial charge in [0, 0.05) is 99.2 Å². The Bertz CT molecular complexity index is 3750. The van der Waals surface area contributed by atoms with Gasteiger partial charge in [-0.3, -0.25) is 19.5 Å². The minimum absolute atomic E-state index is 0.0183. The molecule has 0 radical (unpaired) electrons. The molecule has 21 heteroatoms. The number of rotatable bonds is 14. The Morgan fingerprint density at radius 3 is 2.50 bits per heavy atom. The molecule has 450 valence electrons. The van der Waals surface area contributed by atoms with Crippen molar-refractivity contribution in [2.75, 3.05) is 68.8 Å². The second kappa shape index (κ2) is 22.4. The maximum absolute atomic E-state index is 14.5. The van der Waals surface area contributed by atoms with Crippen molar-refractivity contribution in [2.24, 2.45) is 5.92 Å². The number of pyridine rings is 1. The molecule has 6 aliphatic heterocycles. The van der Waals surface area contributed by atoms with Crippen molar-refractivity contribution in [1.29, 1.82) is 0 Å². The number of phenols is 1. The molecule has 3 amide bonds. The summed E-state index contributed by atoms with van der Waals surface area (Å²) in [5.74, 6) is 0.392. The summed E-state index contributed by atoms with van der Waals surface area (Å²) in [6.45, 7) is 16.6. The predicted octanol–water partition coefficient (Wildman–Crippen LogP) is 8.68. The first kappa shape index (κ1) is 56.4. The number of β-amino-alcohol motifs (C(OH)–C–C–N with tert-alkyl or cyclic N) is 1. The molecule has 6 saturated heterocycles. The molecular formula is C65H76N12O8S. The van der Waals surface area contributed by atoms with Crippen molar-refractivity contribution < 1.29 is 38.6 Å². The molecule has 20 nitrogen and oxygen atoms in total. The number of amides is 3. The van der Waals surface area contributed by atoms with E-state index in [9.17, 15) is 24.6 Å². The van der Waals surface area contributed by atoms with Crippen LogP contribution in [0.15, 0.2) is 76.9 Å². The number of hydrogen-bond donors (Lipinski definition) is 4. The third kappa shape index (κ3) is 10.0. The normalized spacial score (nSPS) is 25.9. The van der Waals surface area contributed by atoms with E-state index in [1.807, 2.05) is 88.8 Å². The molecule has 10 atom stereocenters. The van der Waals surface area contributed by atoms with Crippen molar-refractivity contribution in [1.82, 2.24) is 50.4 Å². The molecule has 6 fully saturated rings. The molecule has 4 aromatic heterocycles. The van der Waals surface area contributed by atoms with E-state index in [2.05, 4.69) is 54.5 Å². The molecule has 7 aromatic rings. The van der Waals surface area contributed by atoms with Gasteiger partial charge < -0.3 is 54.4 Å². The number of thiazole rings is 1. The monoisotopic (exact) mass is 1180 g/mol. The van der Waals surface area contributed by atoms with Crippen LogP contribution in [0, 0.1) is 12.8 Å². The maximum Gasteiger partial charge on any atom is 0.410 e. The van der Waals surface area contributed by atoms with E-state index in [1.165, 1.54) is 10.5 Å². The average molecular weight is 1190 g/mol. The van der Waals surface area contributed by atoms with Crippen molar-refractivity contribution in [3.63, 3.8) is 0 Å². The lowest BCUT2D eigenvalue weighted by atomic mass is 9.79. The number of phenolic OH excluding ortho intramolecular Hbond substituents is 1. The van der Waals surface area contributed by atoms with E-state index in [-0.39, 0.29) is 78.7 Å². The number of ether oxygens (including phenoxy) is 2. The lowest BCUT2D eigenvalue weighted by molar-refractivity contribution is -0.141. The molecule has 2 bridgehead atoms. The first-order valence-electron chi connectivity index (χ1n) is 30.9. The first-order valence-corrected chi connectivity index (χ1v) is 31.8. The highest BCUT2D eigenvalue weighted by molar-refractivity contribution is 7.13. The largest absolute Gasteiger partial charge is 0.508 e. The van der Waals surface area contributed by atoms with Gasteiger partial charge in [0.15, 0.2) is 11.6 Å². The zero-order valence-electron chi connectivity index (χ0n) is 49.7. The standard InChI is InChI=1S/C65H76N12O8S/c1-35(2)54(62(81)76-31-47(79)25-51(76)61(80)68-38(5)40-11-13-41(14-12-40)59-39(6)67-34-86-59)52-26-53(72-85-52)73-21-22-75(36(3)28-73)64(82)83-32-45-17-19-65(18-8-20-77(45)65)33-84-63-70-58-50(60(71-63)74-29-43-15-16-44(30-74)69-43)27-66-57-49-24-46(78)23-42-9-7-10-48(56(42)49)37(4)55(57)58/h7,9-14,23-24,26-27,34-38,43-45,47,51,54,69,78-79H,8,15-22,25,28-33H2,1-6H3,(H,68,80)/t36-,37?,38+,43?,44?,45+,47-,51+,54+,65-/m1/s1. The number of fused-ring (bicyclic) bond motifs is 7. The number of aromatic hydroxyl groups is 1. The van der Waals surface area contributed by atoms with Crippen LogP contribution in [0.5, 0.6) is 11.8 Å². The van der Waals surface area contributed by atoms with E-state index in [1.54, 1.807) is 22.3 Å². The molecule has 14 rings (SSSR count). The van der Waals surface area contributed by atoms with E-state index in [0.29, 0.717) is 55.9 Å². The van der Waals surface area contributed by atoms with Gasteiger partial charge in [-0.2, -0.15) is 9.97 Å². The van der Waals surface area contributed by atoms with Gasteiger partial charge >= 0.3 is 12.1 Å². The summed E-state index contributed by atoms with van der Waals surface area (Å²) in [4.78, 5) is 73.8. The Morgan fingerprint density at radius 1 is 0.919 bits per heavy atom. The van der Waals surface area contributed by atoms with Gasteiger partial charge in [-0.1, -0.05) is 68.4 Å². The summed E-state index contributed by atoms with van der Waals surface area (Å²) < 4.78 is 19.0. The molecule has 0 saturated carbocycles. The quantitative estimate of drug-likeness (QED) is 0.0798. The third-order valence-electron chi connectivity index (χ3n) is 19.9. The van der Waals surface area contributed by atoms with Crippen LogP contribution in [0.4, 0.5) is 16.4 Å². The molecule has 7 aliphatic rings. The Hall–Kier alpha value is -7.46. The van der Waals surface area contributed by atoms with Crippen LogP contribution in [0.2, 0.25) is 0 Å². The number of likely N-dealkylation sites (tertiary alicyclic amines) is 1. The van der Waals surface area contributed by atoms with Crippen molar-refractivity contribution in [3.05, 3.63) is 101 Å². The van der Waals surface area contributed by atoms with Gasteiger partial charge in [-0.15, -0.1) is 11.3 Å². The van der Waals surface area contributed by atoms with Crippen LogP contribution in [0.1, 0.15) is 126 Å². The molecule has 0 spiro atoms. The van der Waals surface area contributed by atoms with Gasteiger partial charge in [0.2, 0.25) is 11.8 Å². The van der Waals surface area contributed by atoms with Crippen LogP contribution in [-0.2, 0) is 14.3 Å². The summed E-state index contributed by atoms with van der Waals surface area (Å²) >= 11 is 1.59. The highest BCUT2D eigenvalue weighted by Gasteiger charge is 2.51. The fraction of sp³-hybridized carbons (Fsp3) is 0.508. The zero-order chi connectivity index (χ0) is 59.3. The van der Waals surface area contributed by atoms with Crippen LogP contribution in [-0.4, -0.2) is 169 Å². The summed E-state index contributed by atoms with van der Waals surface area (Å²) in [7, 11) is 0. The van der Waals surface area contributed by atoms with Crippen molar-refractivity contribution in [3.8, 4) is 33.5 Å². The molecule has 86 heavy (non-hydrogen) atoms. The van der Waals surface area contributed by atoms with E-state index in [0.717, 1.165) is 124 Å². The van der Waals surface area contributed by atoms with Crippen LogP contribution in [0.25, 0.3) is 43.4 Å². The van der Waals surface area contributed by atoms with E-state index < -0.39 is 18.1 Å². The number of benzene rings is 3. The fourth-order valence-electron chi connectivity index (χ4n) is 15.5. The molecular weight excluding hydrogens is 1110 g/mol. The number of aliphatic hydroxyl groups excluding tert-OH is 1. The second-order valence-electron chi connectivity index (χ2n) is 25.7. The van der Waals surface area contributed by atoms with Gasteiger partial charge in [-0.05, 0) is 111 Å². The topological polar surface area (TPSA) is 228 Å². The van der Waals surface area contributed by atoms with Crippen molar-refractivity contribution in [2.45, 2.75) is 146 Å². The number of nitrogens with zero attached hydrogens (tertiary/aromatic N) is 10. The minimum Gasteiger partial charge on any atom is -0.508 e. The SMILES string of the molecule is Cc1ncsc1-c1ccc([C@H](C)NC(=O)[C@@H]2C[C@@H](O)CN2C(=O)[C@H](c2cc(N3CCN(C(=O)OC[C@@H]4CC[C@@]5(COc6nc(N7CC8CCC(C7)N8)c7cnc8c(c7n6)C(C)c6cccc7cc(O)cc-8c67)CCCN45)[C@H](C)C3)no2)C(C)C)cc1. The third-order valence-corrected chi connectivity index (χ3v) is 20.9. The minimum atomic E-state index is -0.858. The number of nitrogens with one attached hydrogen (secondary N) is 2. The Balaban J connectivity index is 0.613. The summed E-state index contributed by atoms with van der Waals surface area (Å²) in [5, 5.41) is 36.1. The lowest BCUT2D eigenvalue weighted by Gasteiger charge is -2.39. The number of carbonyl (C=O) groups excluding carboxylic acids is 3. The fourth-order valence-corrected chi connectivity index (χ4v) is 16.3. The van der Waals surface area contributed by atoms with Crippen LogP contribution >= 0.6 is 11.3 Å². The Kier molecular flexibility index (Phi) is 14.7. The number of hydrogen-bond acceptors (Lipinski definition) is 18. The van der Waals surface area contributed by atoms with Gasteiger partial charge in [0.25, 0.3) is 0 Å². The highest BCUT2D eigenvalue weighted by Crippen LogP contribution is 2.50. The number of piperazine rings is 2. The van der Waals surface area contributed by atoms with Gasteiger partial charge in [-0.25, -0.2) is 9.78 Å². The number of aromatic nitrogens is 5. The smallest absolute Gasteiger partial charge is 0.410 e. The number of carbonyl (C=O) groups is 3. The first-order chi connectivity index (χ1) is 41.6. The number of anilines is 2. The maximum atomic E-state index is 14.5. The Morgan fingerprint density at radius 2 is 1.73 bits per heavy atom. The van der Waals surface area contributed by atoms with Gasteiger partial charge in [0.1, 0.15) is 36.7 Å². The molecule has 1 aliphatic carbocycles. The molecule has 4 N–H and O–H groups in total. The van der Waals surface area contributed by atoms with Crippen molar-refractivity contribution >= 4 is 62.6 Å². The summed E-state index contributed by atoms with van der Waals surface area (Å²) in [6, 6.07) is 19.5. The number of aryl methyl sites for hydroxylation is 1. The van der Waals surface area contributed by atoms with Crippen LogP contribution in [0.3, 0.4) is 0 Å². The lowest BCUT2D eigenvalue weighted by Crippen LogP contribution is -2.55. The second-order valence-corrected chi connectivity index (χ2v) is 26.6. The van der Waals surface area contributed by atoms with Crippen LogP contribution < -0.4 is 25.2 Å². The van der Waals surface area contributed by atoms with E-state index in [4.69, 9.17) is 28.9 Å². The number of aliphatic hydroxyl groups is 1. The zero-order valence-corrected chi connectivity index (χ0v) is 50.6.